The highest BCUT2D eigenvalue weighted by Crippen LogP contribution is 2.42. The van der Waals surface area contributed by atoms with Crippen LogP contribution in [0.5, 0.6) is 5.88 Å². The SMILES string of the molecule is Cn1cnc2c(Cl)cc(OC(C3CC3)C(F)(F)F)nc21. The van der Waals surface area contributed by atoms with Gasteiger partial charge < -0.3 is 9.30 Å². The summed E-state index contributed by atoms with van der Waals surface area (Å²) in [4.78, 5) is 8.08. The Labute approximate surface area is 117 Å². The number of fused-ring (bicyclic) bond motifs is 1. The Morgan fingerprint density at radius 2 is 2.15 bits per heavy atom. The topological polar surface area (TPSA) is 39.9 Å². The Morgan fingerprint density at radius 3 is 2.75 bits per heavy atom. The van der Waals surface area contributed by atoms with Crippen LogP contribution in [0.2, 0.25) is 5.02 Å². The molecule has 1 saturated carbocycles. The number of alkyl halides is 3. The van der Waals surface area contributed by atoms with Gasteiger partial charge in [0, 0.05) is 19.0 Å². The molecule has 108 valence electrons. The van der Waals surface area contributed by atoms with E-state index in [9.17, 15) is 13.2 Å². The first kappa shape index (κ1) is 13.5. The third-order valence-electron chi connectivity index (χ3n) is 3.22. The number of ether oxygens (including phenoxy) is 1. The number of rotatable bonds is 3. The molecule has 2 heterocycles. The number of halogens is 4. The predicted octanol–water partition coefficient (Wildman–Crippen LogP) is 3.34. The van der Waals surface area contributed by atoms with E-state index in [1.54, 1.807) is 11.6 Å². The summed E-state index contributed by atoms with van der Waals surface area (Å²) in [6.07, 6.45) is -3.69. The molecule has 8 heteroatoms. The Morgan fingerprint density at radius 1 is 1.45 bits per heavy atom. The van der Waals surface area contributed by atoms with Crippen molar-refractivity contribution in [1.82, 2.24) is 14.5 Å². The molecule has 0 radical (unpaired) electrons. The van der Waals surface area contributed by atoms with E-state index >= 15 is 0 Å². The fourth-order valence-electron chi connectivity index (χ4n) is 2.06. The van der Waals surface area contributed by atoms with Gasteiger partial charge in [0.05, 0.1) is 11.3 Å². The highest BCUT2D eigenvalue weighted by Gasteiger charge is 2.51. The zero-order chi connectivity index (χ0) is 14.5. The number of aromatic nitrogens is 3. The molecule has 0 saturated heterocycles. The van der Waals surface area contributed by atoms with E-state index in [4.69, 9.17) is 16.3 Å². The van der Waals surface area contributed by atoms with Gasteiger partial charge in [0.1, 0.15) is 5.52 Å². The quantitative estimate of drug-likeness (QED) is 0.873. The second-order valence-corrected chi connectivity index (χ2v) is 5.29. The van der Waals surface area contributed by atoms with Crippen molar-refractivity contribution in [2.75, 3.05) is 0 Å². The maximum absolute atomic E-state index is 12.9. The van der Waals surface area contributed by atoms with Crippen molar-refractivity contribution >= 4 is 22.8 Å². The van der Waals surface area contributed by atoms with Crippen molar-refractivity contribution in [2.24, 2.45) is 13.0 Å². The number of hydrogen-bond acceptors (Lipinski definition) is 3. The van der Waals surface area contributed by atoms with Crippen LogP contribution in [0.25, 0.3) is 11.2 Å². The van der Waals surface area contributed by atoms with Crippen molar-refractivity contribution < 1.29 is 17.9 Å². The summed E-state index contributed by atoms with van der Waals surface area (Å²) >= 11 is 5.99. The second kappa shape index (κ2) is 4.51. The van der Waals surface area contributed by atoms with E-state index in [-0.39, 0.29) is 10.9 Å². The largest absolute Gasteiger partial charge is 0.464 e. The minimum absolute atomic E-state index is 0.125. The summed E-state index contributed by atoms with van der Waals surface area (Å²) in [6.45, 7) is 0. The monoisotopic (exact) mass is 305 g/mol. The van der Waals surface area contributed by atoms with E-state index in [0.29, 0.717) is 24.0 Å². The normalized spacial score (nSPS) is 17.4. The maximum Gasteiger partial charge on any atom is 0.425 e. The first-order valence-electron chi connectivity index (χ1n) is 6.07. The lowest BCUT2D eigenvalue weighted by Gasteiger charge is -2.20. The van der Waals surface area contributed by atoms with Crippen LogP contribution in [0.15, 0.2) is 12.4 Å². The Hall–Kier alpha value is -1.50. The van der Waals surface area contributed by atoms with Gasteiger partial charge in [-0.25, -0.2) is 4.98 Å². The highest BCUT2D eigenvalue weighted by molar-refractivity contribution is 6.34. The van der Waals surface area contributed by atoms with Crippen LogP contribution < -0.4 is 4.74 Å². The van der Waals surface area contributed by atoms with Crippen LogP contribution in [-0.2, 0) is 7.05 Å². The molecule has 0 aromatic carbocycles. The molecule has 0 amide bonds. The predicted molar refractivity (Wildman–Crippen MR) is 66.7 cm³/mol. The smallest absolute Gasteiger partial charge is 0.425 e. The van der Waals surface area contributed by atoms with Gasteiger partial charge >= 0.3 is 6.18 Å². The minimum atomic E-state index is -4.41. The molecule has 1 aliphatic rings. The van der Waals surface area contributed by atoms with Gasteiger partial charge in [-0.15, -0.1) is 0 Å². The summed E-state index contributed by atoms with van der Waals surface area (Å²) in [6, 6.07) is 1.28. The molecule has 20 heavy (non-hydrogen) atoms. The lowest BCUT2D eigenvalue weighted by Crippen LogP contribution is -2.36. The molecule has 3 rings (SSSR count). The molecule has 1 fully saturated rings. The van der Waals surface area contributed by atoms with E-state index in [1.165, 1.54) is 12.4 Å². The Bertz CT molecular complexity index is 651. The number of nitrogens with zero attached hydrogens (tertiary/aromatic N) is 3. The molecule has 2 aromatic rings. The van der Waals surface area contributed by atoms with Gasteiger partial charge in [-0.2, -0.15) is 18.2 Å². The molecule has 0 spiro atoms. The first-order valence-corrected chi connectivity index (χ1v) is 6.45. The third-order valence-corrected chi connectivity index (χ3v) is 3.51. The van der Waals surface area contributed by atoms with Crippen LogP contribution in [0.1, 0.15) is 12.8 Å². The van der Waals surface area contributed by atoms with Crippen molar-refractivity contribution in [1.29, 1.82) is 0 Å². The number of aryl methyl sites for hydroxylation is 1. The lowest BCUT2D eigenvalue weighted by molar-refractivity contribution is -0.201. The zero-order valence-electron chi connectivity index (χ0n) is 10.5. The Balaban J connectivity index is 1.95. The van der Waals surface area contributed by atoms with Crippen molar-refractivity contribution in [3.63, 3.8) is 0 Å². The van der Waals surface area contributed by atoms with E-state index < -0.39 is 18.2 Å². The molecular formula is C12H11ClF3N3O. The summed E-state index contributed by atoms with van der Waals surface area (Å²) in [5, 5.41) is 0.224. The van der Waals surface area contributed by atoms with Crippen LogP contribution in [0.3, 0.4) is 0 Å². The molecule has 1 aliphatic carbocycles. The molecule has 4 nitrogen and oxygen atoms in total. The van der Waals surface area contributed by atoms with E-state index in [0.717, 1.165) is 0 Å². The minimum Gasteiger partial charge on any atom is -0.464 e. The average Bonchev–Trinajstić information content (AvgIpc) is 3.10. The first-order chi connectivity index (χ1) is 9.36. The molecule has 1 unspecified atom stereocenters. The van der Waals surface area contributed by atoms with Gasteiger partial charge in [0.25, 0.3) is 0 Å². The zero-order valence-corrected chi connectivity index (χ0v) is 11.2. The Kier molecular flexibility index (Phi) is 3.04. The third kappa shape index (κ3) is 2.42. The standard InChI is InChI=1S/C12H11ClF3N3O/c1-19-5-17-9-7(13)4-8(18-11(9)19)20-10(6-2-3-6)12(14,15)16/h4-6,10H,2-3H2,1H3. The van der Waals surface area contributed by atoms with Crippen LogP contribution >= 0.6 is 11.6 Å². The number of pyridine rings is 1. The van der Waals surface area contributed by atoms with E-state index in [1.807, 2.05) is 0 Å². The fraction of sp³-hybridized carbons (Fsp3) is 0.500. The van der Waals surface area contributed by atoms with Crippen molar-refractivity contribution in [3.05, 3.63) is 17.4 Å². The summed E-state index contributed by atoms with van der Waals surface area (Å²) in [5.41, 5.74) is 0.834. The van der Waals surface area contributed by atoms with Crippen LogP contribution in [0, 0.1) is 5.92 Å². The van der Waals surface area contributed by atoms with Crippen molar-refractivity contribution in [3.8, 4) is 5.88 Å². The second-order valence-electron chi connectivity index (χ2n) is 4.89. The molecular weight excluding hydrogens is 295 g/mol. The number of imidazole rings is 1. The highest BCUT2D eigenvalue weighted by atomic mass is 35.5. The van der Waals surface area contributed by atoms with Gasteiger partial charge in [-0.05, 0) is 12.8 Å². The van der Waals surface area contributed by atoms with Gasteiger partial charge in [-0.3, -0.25) is 0 Å². The van der Waals surface area contributed by atoms with Crippen molar-refractivity contribution in [2.45, 2.75) is 25.1 Å². The fourth-order valence-corrected chi connectivity index (χ4v) is 2.28. The van der Waals surface area contributed by atoms with Crippen LogP contribution in [-0.4, -0.2) is 26.8 Å². The summed E-state index contributed by atoms with van der Waals surface area (Å²) in [7, 11) is 1.69. The molecule has 1 atom stereocenters. The maximum atomic E-state index is 12.9. The molecule has 0 aliphatic heterocycles. The number of hydrogen-bond donors (Lipinski definition) is 0. The van der Waals surface area contributed by atoms with Gasteiger partial charge in [0.2, 0.25) is 5.88 Å². The van der Waals surface area contributed by atoms with E-state index in [2.05, 4.69) is 9.97 Å². The molecule has 2 aromatic heterocycles. The van der Waals surface area contributed by atoms with Crippen LogP contribution in [0.4, 0.5) is 13.2 Å². The molecule has 0 bridgehead atoms. The summed E-state index contributed by atoms with van der Waals surface area (Å²) < 4.78 is 45.4. The average molecular weight is 306 g/mol. The summed E-state index contributed by atoms with van der Waals surface area (Å²) in [5.74, 6) is -0.613. The van der Waals surface area contributed by atoms with Gasteiger partial charge in [-0.1, -0.05) is 11.6 Å². The van der Waals surface area contributed by atoms with Gasteiger partial charge in [0.15, 0.2) is 11.8 Å². The molecule has 0 N–H and O–H groups in total. The lowest BCUT2D eigenvalue weighted by atomic mass is 10.2.